The Bertz CT molecular complexity index is 1510. The van der Waals surface area contributed by atoms with Crippen molar-refractivity contribution < 1.29 is 18.8 Å². The number of oxime groups is 1. The van der Waals surface area contributed by atoms with Crippen molar-refractivity contribution in [2.45, 2.75) is 31.6 Å². The lowest BCUT2D eigenvalue weighted by atomic mass is 9.75. The van der Waals surface area contributed by atoms with Crippen LogP contribution in [0.5, 0.6) is 0 Å². The van der Waals surface area contributed by atoms with Crippen LogP contribution in [0, 0.1) is 0 Å². The highest BCUT2D eigenvalue weighted by atomic mass is 16.5. The maximum atomic E-state index is 9.27. The van der Waals surface area contributed by atoms with Crippen LogP contribution < -0.4 is 0 Å². The van der Waals surface area contributed by atoms with E-state index in [1.54, 1.807) is 13.4 Å². The molecule has 0 atom stereocenters. The zero-order valence-electron chi connectivity index (χ0n) is 20.9. The Morgan fingerprint density at radius 3 is 2.73 bits per heavy atom. The van der Waals surface area contributed by atoms with Gasteiger partial charge in [0.25, 0.3) is 0 Å². The molecular formula is C30H29N3O4. The van der Waals surface area contributed by atoms with Gasteiger partial charge < -0.3 is 23.7 Å². The minimum atomic E-state index is 0.510. The third-order valence-electron chi connectivity index (χ3n) is 8.28. The van der Waals surface area contributed by atoms with Crippen LogP contribution in [0.25, 0.3) is 44.9 Å². The maximum absolute atomic E-state index is 9.27. The topological polar surface area (TPSA) is 84.2 Å². The molecule has 4 aromatic rings. The molecule has 1 N–H and O–H groups in total. The van der Waals surface area contributed by atoms with Gasteiger partial charge in [0.1, 0.15) is 11.5 Å². The van der Waals surface area contributed by atoms with Gasteiger partial charge in [-0.15, -0.1) is 0 Å². The molecule has 1 fully saturated rings. The minimum Gasteiger partial charge on any atom is -0.464 e. The fourth-order valence-corrected chi connectivity index (χ4v) is 6.34. The van der Waals surface area contributed by atoms with E-state index in [2.05, 4.69) is 27.3 Å². The predicted molar refractivity (Wildman–Crippen MR) is 141 cm³/mol. The molecule has 0 radical (unpaired) electrons. The molecular weight excluding hydrogens is 466 g/mol. The number of benzene rings is 1. The first-order valence-electron chi connectivity index (χ1n) is 13.0. The molecule has 0 bridgehead atoms. The van der Waals surface area contributed by atoms with Crippen molar-refractivity contribution in [2.75, 3.05) is 33.4 Å². The second-order valence-corrected chi connectivity index (χ2v) is 10.2. The van der Waals surface area contributed by atoms with Crippen LogP contribution in [0.2, 0.25) is 0 Å². The Morgan fingerprint density at radius 2 is 1.89 bits per heavy atom. The van der Waals surface area contributed by atoms with Crippen molar-refractivity contribution in [1.29, 1.82) is 0 Å². The van der Waals surface area contributed by atoms with E-state index >= 15 is 0 Å². The van der Waals surface area contributed by atoms with Crippen LogP contribution in [0.1, 0.15) is 41.9 Å². The molecule has 7 nitrogen and oxygen atoms in total. The molecule has 0 amide bonds. The summed E-state index contributed by atoms with van der Waals surface area (Å²) in [7, 11) is 1.76. The number of hydrogen-bond acceptors (Lipinski definition) is 7. The molecule has 2 aliphatic carbocycles. The first-order valence-corrected chi connectivity index (χ1v) is 13.0. The summed E-state index contributed by atoms with van der Waals surface area (Å²) in [6.07, 6.45) is 11.5. The van der Waals surface area contributed by atoms with Crippen LogP contribution in [-0.2, 0) is 11.2 Å². The van der Waals surface area contributed by atoms with Gasteiger partial charge in [-0.05, 0) is 68.0 Å². The summed E-state index contributed by atoms with van der Waals surface area (Å²) >= 11 is 0. The number of pyridine rings is 1. The third-order valence-corrected chi connectivity index (χ3v) is 8.28. The number of aromatic nitrogens is 1. The van der Waals surface area contributed by atoms with Crippen LogP contribution in [0.4, 0.5) is 0 Å². The molecule has 188 valence electrons. The molecule has 3 aromatic heterocycles. The largest absolute Gasteiger partial charge is 0.464 e. The SMILES string of the molecule is COCCN1CCC(c2cncc3c2-c2coc(-c4ccoc4-c4ccc5c(c4)CC/C5=N\O)c2-3)CC1. The summed E-state index contributed by atoms with van der Waals surface area (Å²) in [5.41, 5.74) is 11.0. The van der Waals surface area contributed by atoms with Crippen molar-refractivity contribution in [2.24, 2.45) is 5.16 Å². The first kappa shape index (κ1) is 22.5. The summed E-state index contributed by atoms with van der Waals surface area (Å²) in [6.45, 7) is 3.96. The molecule has 1 aromatic carbocycles. The van der Waals surface area contributed by atoms with E-state index < -0.39 is 0 Å². The van der Waals surface area contributed by atoms with E-state index in [0.717, 1.165) is 91.4 Å². The van der Waals surface area contributed by atoms with Crippen molar-refractivity contribution in [1.82, 2.24) is 9.88 Å². The van der Waals surface area contributed by atoms with Crippen LogP contribution in [0.15, 0.2) is 63.2 Å². The third kappa shape index (κ3) is 3.56. The lowest BCUT2D eigenvalue weighted by molar-refractivity contribution is 0.130. The molecule has 7 heteroatoms. The summed E-state index contributed by atoms with van der Waals surface area (Å²) in [4.78, 5) is 7.13. The lowest BCUT2D eigenvalue weighted by Crippen LogP contribution is -2.35. The van der Waals surface area contributed by atoms with Gasteiger partial charge in [0.15, 0.2) is 0 Å². The number of likely N-dealkylation sites (tertiary alicyclic amines) is 1. The van der Waals surface area contributed by atoms with Gasteiger partial charge in [-0.3, -0.25) is 4.98 Å². The average molecular weight is 496 g/mol. The molecule has 0 spiro atoms. The predicted octanol–water partition coefficient (Wildman–Crippen LogP) is 6.20. The zero-order chi connectivity index (χ0) is 24.9. The zero-order valence-corrected chi connectivity index (χ0v) is 20.9. The molecule has 0 unspecified atom stereocenters. The molecule has 3 aliphatic rings. The van der Waals surface area contributed by atoms with E-state index in [-0.39, 0.29) is 0 Å². The van der Waals surface area contributed by atoms with E-state index in [0.29, 0.717) is 5.92 Å². The number of hydrogen-bond donors (Lipinski definition) is 1. The van der Waals surface area contributed by atoms with Crippen LogP contribution >= 0.6 is 0 Å². The van der Waals surface area contributed by atoms with Gasteiger partial charge in [0.05, 0.1) is 30.4 Å². The summed E-state index contributed by atoms with van der Waals surface area (Å²) < 4.78 is 17.5. The quantitative estimate of drug-likeness (QED) is 0.223. The highest BCUT2D eigenvalue weighted by molar-refractivity contribution is 6.09. The van der Waals surface area contributed by atoms with Crippen molar-refractivity contribution in [3.8, 4) is 44.9 Å². The molecule has 37 heavy (non-hydrogen) atoms. The Morgan fingerprint density at radius 1 is 1.00 bits per heavy atom. The molecule has 0 saturated carbocycles. The Labute approximate surface area is 215 Å². The number of rotatable bonds is 6. The number of aryl methyl sites for hydroxylation is 1. The van der Waals surface area contributed by atoms with Crippen molar-refractivity contribution in [3.63, 3.8) is 0 Å². The van der Waals surface area contributed by atoms with Gasteiger partial charge >= 0.3 is 0 Å². The normalized spacial score (nSPS) is 18.0. The standard InChI is InChI=1S/C30H29N3O4/c1-35-13-11-33-9-6-18(7-10-33)23-15-31-16-24-27(23)25-17-37-30(28(24)25)22-8-12-36-29(22)20-2-4-21-19(14-20)3-5-26(21)32-34/h2,4,8,12,14-18,34H,3,5-7,9-11,13H2,1H3/b32-26+. The second kappa shape index (κ2) is 9.01. The monoisotopic (exact) mass is 495 g/mol. The number of nitrogens with zero attached hydrogens (tertiary/aromatic N) is 3. The Kier molecular flexibility index (Phi) is 5.48. The van der Waals surface area contributed by atoms with Crippen molar-refractivity contribution in [3.05, 3.63) is 65.9 Å². The number of ether oxygens (including phenoxy) is 1. The lowest BCUT2D eigenvalue weighted by Gasteiger charge is -2.34. The Balaban J connectivity index is 1.18. The fourth-order valence-electron chi connectivity index (χ4n) is 6.34. The molecule has 1 aliphatic heterocycles. The molecule has 1 saturated heterocycles. The molecule has 7 rings (SSSR count). The number of fused-ring (bicyclic) bond motifs is 5. The first-order chi connectivity index (χ1) is 18.3. The molecule has 4 heterocycles. The minimum absolute atomic E-state index is 0.510. The highest BCUT2D eigenvalue weighted by Gasteiger charge is 2.36. The van der Waals surface area contributed by atoms with Gasteiger partial charge in [0.2, 0.25) is 0 Å². The number of piperidine rings is 1. The summed E-state index contributed by atoms with van der Waals surface area (Å²) in [6, 6.07) is 8.16. The van der Waals surface area contributed by atoms with Crippen LogP contribution in [0.3, 0.4) is 0 Å². The fraction of sp³-hybridized carbons (Fsp3) is 0.333. The average Bonchev–Trinajstić information content (AvgIpc) is 3.66. The number of methoxy groups -OCH3 is 1. The summed E-state index contributed by atoms with van der Waals surface area (Å²) in [5.74, 6) is 2.13. The van der Waals surface area contributed by atoms with E-state index in [1.807, 2.05) is 30.7 Å². The maximum Gasteiger partial charge on any atom is 0.146 e. The van der Waals surface area contributed by atoms with Gasteiger partial charge in [0, 0.05) is 59.4 Å². The number of furan rings is 2. The van der Waals surface area contributed by atoms with E-state index in [4.69, 9.17) is 13.6 Å². The van der Waals surface area contributed by atoms with E-state index in [1.165, 1.54) is 27.8 Å². The van der Waals surface area contributed by atoms with Gasteiger partial charge in [-0.25, -0.2) is 0 Å². The van der Waals surface area contributed by atoms with Crippen molar-refractivity contribution >= 4 is 5.71 Å². The summed E-state index contributed by atoms with van der Waals surface area (Å²) in [5, 5.41) is 12.7. The van der Waals surface area contributed by atoms with E-state index in [9.17, 15) is 5.21 Å². The Hall–Kier alpha value is -3.68. The van der Waals surface area contributed by atoms with Gasteiger partial charge in [-0.2, -0.15) is 0 Å². The second-order valence-electron chi connectivity index (χ2n) is 10.2. The smallest absolute Gasteiger partial charge is 0.146 e. The highest BCUT2D eigenvalue weighted by Crippen LogP contribution is 2.56. The van der Waals surface area contributed by atoms with Crippen LogP contribution in [-0.4, -0.2) is 54.2 Å². The van der Waals surface area contributed by atoms with Gasteiger partial charge in [-0.1, -0.05) is 17.3 Å².